The zero-order chi connectivity index (χ0) is 18.2. The van der Waals surface area contributed by atoms with Crippen LogP contribution in [-0.2, 0) is 21.4 Å². The standard InChI is InChI=1S/C16H12ClFN2O4S/c17-12-7-10(5-6-13(12)18)8-19-15(21)9-20-16(22)11-3-1-2-4-14(11)25(20,23)24/h1-7H,8-9H2,(H,19,21). The van der Waals surface area contributed by atoms with Crippen LogP contribution in [0.25, 0.3) is 0 Å². The van der Waals surface area contributed by atoms with Crippen LogP contribution in [0.3, 0.4) is 0 Å². The zero-order valence-corrected chi connectivity index (χ0v) is 14.3. The third kappa shape index (κ3) is 3.22. The third-order valence-corrected chi connectivity index (χ3v) is 5.75. The molecule has 1 N–H and O–H groups in total. The molecular weight excluding hydrogens is 371 g/mol. The molecule has 0 aromatic heterocycles. The van der Waals surface area contributed by atoms with Crippen LogP contribution in [0.5, 0.6) is 0 Å². The van der Waals surface area contributed by atoms with E-state index in [1.807, 2.05) is 0 Å². The maximum Gasteiger partial charge on any atom is 0.269 e. The molecule has 0 bridgehead atoms. The number of hydrogen-bond donors (Lipinski definition) is 1. The van der Waals surface area contributed by atoms with Crippen molar-refractivity contribution in [3.63, 3.8) is 0 Å². The fourth-order valence-electron chi connectivity index (χ4n) is 2.42. The largest absolute Gasteiger partial charge is 0.350 e. The summed E-state index contributed by atoms with van der Waals surface area (Å²) in [7, 11) is -4.03. The fraction of sp³-hybridized carbons (Fsp3) is 0.125. The van der Waals surface area contributed by atoms with E-state index in [0.717, 1.165) is 6.07 Å². The van der Waals surface area contributed by atoms with Gasteiger partial charge in [-0.25, -0.2) is 17.1 Å². The molecule has 9 heteroatoms. The predicted molar refractivity (Wildman–Crippen MR) is 87.9 cm³/mol. The average Bonchev–Trinajstić information content (AvgIpc) is 2.77. The van der Waals surface area contributed by atoms with Gasteiger partial charge in [-0.1, -0.05) is 29.8 Å². The quantitative estimate of drug-likeness (QED) is 0.875. The summed E-state index contributed by atoms with van der Waals surface area (Å²) in [4.78, 5) is 24.1. The summed E-state index contributed by atoms with van der Waals surface area (Å²) in [5.74, 6) is -1.98. The molecule has 0 spiro atoms. The Balaban J connectivity index is 1.69. The van der Waals surface area contributed by atoms with E-state index >= 15 is 0 Å². The van der Waals surface area contributed by atoms with Gasteiger partial charge in [0.05, 0.1) is 10.6 Å². The van der Waals surface area contributed by atoms with Gasteiger partial charge in [0.1, 0.15) is 17.3 Å². The summed E-state index contributed by atoms with van der Waals surface area (Å²) >= 11 is 5.65. The second-order valence-electron chi connectivity index (χ2n) is 5.34. The van der Waals surface area contributed by atoms with Crippen molar-refractivity contribution < 1.29 is 22.4 Å². The molecule has 1 aliphatic rings. The monoisotopic (exact) mass is 382 g/mol. The van der Waals surface area contributed by atoms with E-state index in [2.05, 4.69) is 5.32 Å². The van der Waals surface area contributed by atoms with E-state index in [0.29, 0.717) is 9.87 Å². The number of halogens is 2. The highest BCUT2D eigenvalue weighted by molar-refractivity contribution is 7.90. The number of fused-ring (bicyclic) bond motifs is 1. The molecule has 0 radical (unpaired) electrons. The molecule has 25 heavy (non-hydrogen) atoms. The first-order valence-corrected chi connectivity index (χ1v) is 8.99. The van der Waals surface area contributed by atoms with Crippen molar-refractivity contribution in [1.82, 2.24) is 9.62 Å². The molecule has 0 saturated carbocycles. The van der Waals surface area contributed by atoms with Crippen molar-refractivity contribution in [2.24, 2.45) is 0 Å². The lowest BCUT2D eigenvalue weighted by Gasteiger charge is -2.14. The van der Waals surface area contributed by atoms with Crippen LogP contribution in [-0.4, -0.2) is 31.1 Å². The van der Waals surface area contributed by atoms with Crippen LogP contribution in [0.15, 0.2) is 47.4 Å². The minimum Gasteiger partial charge on any atom is -0.350 e. The molecule has 2 aromatic carbocycles. The molecular formula is C16H12ClFN2O4S. The lowest BCUT2D eigenvalue weighted by atomic mass is 10.2. The van der Waals surface area contributed by atoms with Gasteiger partial charge in [-0.15, -0.1) is 0 Å². The summed E-state index contributed by atoms with van der Waals surface area (Å²) in [5, 5.41) is 2.40. The maximum absolute atomic E-state index is 13.1. The molecule has 130 valence electrons. The van der Waals surface area contributed by atoms with Gasteiger partial charge in [-0.3, -0.25) is 9.59 Å². The number of hydrogen-bond acceptors (Lipinski definition) is 4. The number of sulfonamides is 1. The van der Waals surface area contributed by atoms with Crippen LogP contribution in [0.4, 0.5) is 4.39 Å². The Morgan fingerprint density at radius 3 is 2.60 bits per heavy atom. The van der Waals surface area contributed by atoms with E-state index in [1.54, 1.807) is 6.07 Å². The number of amides is 2. The third-order valence-electron chi connectivity index (χ3n) is 3.67. The maximum atomic E-state index is 13.1. The van der Waals surface area contributed by atoms with E-state index in [9.17, 15) is 22.4 Å². The van der Waals surface area contributed by atoms with E-state index in [4.69, 9.17) is 11.6 Å². The van der Waals surface area contributed by atoms with Crippen molar-refractivity contribution >= 4 is 33.4 Å². The summed E-state index contributed by atoms with van der Waals surface area (Å²) in [6, 6.07) is 9.73. The van der Waals surface area contributed by atoms with Crippen LogP contribution in [0.1, 0.15) is 15.9 Å². The summed E-state index contributed by atoms with van der Waals surface area (Å²) < 4.78 is 38.3. The van der Waals surface area contributed by atoms with Gasteiger partial charge >= 0.3 is 0 Å². The second-order valence-corrected chi connectivity index (χ2v) is 7.58. The first kappa shape index (κ1) is 17.4. The van der Waals surface area contributed by atoms with Gasteiger partial charge in [0.15, 0.2) is 0 Å². The summed E-state index contributed by atoms with van der Waals surface area (Å²) in [6.07, 6.45) is 0. The van der Waals surface area contributed by atoms with Crippen molar-refractivity contribution in [1.29, 1.82) is 0 Å². The number of nitrogens with one attached hydrogen (secondary N) is 1. The van der Waals surface area contributed by atoms with Crippen molar-refractivity contribution in [3.05, 3.63) is 64.4 Å². The Labute approximate surface area is 148 Å². The molecule has 0 unspecified atom stereocenters. The lowest BCUT2D eigenvalue weighted by molar-refractivity contribution is -0.121. The lowest BCUT2D eigenvalue weighted by Crippen LogP contribution is -2.40. The van der Waals surface area contributed by atoms with Gasteiger partial charge < -0.3 is 5.32 Å². The SMILES string of the molecule is O=C(CN1C(=O)c2ccccc2S1(=O)=O)NCc1ccc(F)c(Cl)c1. The smallest absolute Gasteiger partial charge is 0.269 e. The van der Waals surface area contributed by atoms with Crippen molar-refractivity contribution in [2.45, 2.75) is 11.4 Å². The van der Waals surface area contributed by atoms with Gasteiger partial charge in [-0.05, 0) is 29.8 Å². The van der Waals surface area contributed by atoms with Crippen LogP contribution in [0.2, 0.25) is 5.02 Å². The van der Waals surface area contributed by atoms with Crippen molar-refractivity contribution in [2.75, 3.05) is 6.54 Å². The highest BCUT2D eigenvalue weighted by atomic mass is 35.5. The average molecular weight is 383 g/mol. The van der Waals surface area contributed by atoms with Crippen LogP contribution >= 0.6 is 11.6 Å². The van der Waals surface area contributed by atoms with Crippen LogP contribution < -0.4 is 5.32 Å². The minimum atomic E-state index is -4.03. The molecule has 6 nitrogen and oxygen atoms in total. The molecule has 0 saturated heterocycles. The molecule has 2 amide bonds. The number of nitrogens with zero attached hydrogens (tertiary/aromatic N) is 1. The van der Waals surface area contributed by atoms with Gasteiger partial charge in [0.2, 0.25) is 5.91 Å². The summed E-state index contributed by atoms with van der Waals surface area (Å²) in [6.45, 7) is -0.612. The molecule has 2 aromatic rings. The highest BCUT2D eigenvalue weighted by Crippen LogP contribution is 2.29. The van der Waals surface area contributed by atoms with Gasteiger partial charge in [-0.2, -0.15) is 0 Å². The van der Waals surface area contributed by atoms with Crippen LogP contribution in [0, 0.1) is 5.82 Å². The van der Waals surface area contributed by atoms with E-state index < -0.39 is 34.2 Å². The highest BCUT2D eigenvalue weighted by Gasteiger charge is 2.41. The van der Waals surface area contributed by atoms with Crippen molar-refractivity contribution in [3.8, 4) is 0 Å². The Bertz CT molecular complexity index is 978. The first-order valence-electron chi connectivity index (χ1n) is 7.17. The topological polar surface area (TPSA) is 83.6 Å². The fourth-order valence-corrected chi connectivity index (χ4v) is 4.15. The first-order chi connectivity index (χ1) is 11.8. The normalized spacial score (nSPS) is 15.1. The predicted octanol–water partition coefficient (Wildman–Crippen LogP) is 1.94. The Kier molecular flexibility index (Phi) is 4.49. The zero-order valence-electron chi connectivity index (χ0n) is 12.7. The number of carbonyl (C=O) groups excluding carboxylic acids is 2. The van der Waals surface area contributed by atoms with Gasteiger partial charge in [0, 0.05) is 6.54 Å². The minimum absolute atomic E-state index is 0.0217. The molecule has 0 atom stereocenters. The number of rotatable bonds is 4. The number of benzene rings is 2. The molecule has 1 aliphatic heterocycles. The Hall–Kier alpha value is -2.45. The molecule has 0 fully saturated rings. The van der Waals surface area contributed by atoms with Gasteiger partial charge in [0.25, 0.3) is 15.9 Å². The molecule has 0 aliphatic carbocycles. The second kappa shape index (κ2) is 6.45. The van der Waals surface area contributed by atoms with E-state index in [-0.39, 0.29) is 22.0 Å². The number of carbonyl (C=O) groups is 2. The Morgan fingerprint density at radius 2 is 1.92 bits per heavy atom. The van der Waals surface area contributed by atoms with E-state index in [1.165, 1.54) is 30.3 Å². The molecule has 3 rings (SSSR count). The Morgan fingerprint density at radius 1 is 1.20 bits per heavy atom. The molecule has 1 heterocycles. The summed E-state index contributed by atoms with van der Waals surface area (Å²) in [5.41, 5.74) is 0.583.